The van der Waals surface area contributed by atoms with E-state index in [2.05, 4.69) is 15.8 Å². The van der Waals surface area contributed by atoms with Crippen molar-refractivity contribution in [1.82, 2.24) is 5.43 Å². The number of hydrazone groups is 1. The maximum absolute atomic E-state index is 5.91. The Morgan fingerprint density at radius 2 is 1.79 bits per heavy atom. The molecule has 0 radical (unpaired) electrons. The van der Waals surface area contributed by atoms with Gasteiger partial charge in [0.25, 0.3) is 0 Å². The Balaban J connectivity index is 1.56. The second-order valence-electron chi connectivity index (χ2n) is 6.02. The van der Waals surface area contributed by atoms with Crippen molar-refractivity contribution in [2.45, 2.75) is 6.61 Å². The lowest BCUT2D eigenvalue weighted by atomic mass is 10.2. The van der Waals surface area contributed by atoms with Crippen LogP contribution in [0.4, 0.5) is 5.69 Å². The molecule has 5 nitrogen and oxygen atoms in total. The summed E-state index contributed by atoms with van der Waals surface area (Å²) in [6.07, 6.45) is 1.66. The third-order valence-corrected chi connectivity index (χ3v) is 4.35. The van der Waals surface area contributed by atoms with Crippen molar-refractivity contribution in [3.8, 4) is 11.5 Å². The highest BCUT2D eigenvalue weighted by Crippen LogP contribution is 2.28. The van der Waals surface area contributed by atoms with Crippen molar-refractivity contribution in [2.75, 3.05) is 12.4 Å². The number of thiocarbonyl (C=S) groups is 1. The molecule has 0 saturated carbocycles. The van der Waals surface area contributed by atoms with Gasteiger partial charge in [-0.3, -0.25) is 5.43 Å². The predicted molar refractivity (Wildman–Crippen MR) is 122 cm³/mol. The SMILES string of the molecule is COc1cc(/C=N/NC(=S)Nc2ccccc2)ccc1OCc1ccc(Cl)cc1. The number of hydrogen-bond donors (Lipinski definition) is 2. The first kappa shape index (κ1) is 20.6. The monoisotopic (exact) mass is 425 g/mol. The molecule has 3 rings (SSSR count). The normalized spacial score (nSPS) is 10.6. The fraction of sp³-hybridized carbons (Fsp3) is 0.0909. The minimum atomic E-state index is 0.405. The molecule has 0 fully saturated rings. The van der Waals surface area contributed by atoms with E-state index >= 15 is 0 Å². The van der Waals surface area contributed by atoms with E-state index in [1.54, 1.807) is 13.3 Å². The van der Waals surface area contributed by atoms with Crippen LogP contribution in [0.3, 0.4) is 0 Å². The molecule has 0 atom stereocenters. The first-order valence-electron chi connectivity index (χ1n) is 8.84. The number of anilines is 1. The number of nitrogens with one attached hydrogen (secondary N) is 2. The van der Waals surface area contributed by atoms with Crippen LogP contribution in [0.25, 0.3) is 0 Å². The number of halogens is 1. The van der Waals surface area contributed by atoms with Crippen LogP contribution in [0.15, 0.2) is 77.9 Å². The van der Waals surface area contributed by atoms with E-state index in [1.807, 2.05) is 72.8 Å². The molecule has 7 heteroatoms. The molecule has 148 valence electrons. The molecule has 0 bridgehead atoms. The average molecular weight is 426 g/mol. The maximum atomic E-state index is 5.91. The fourth-order valence-electron chi connectivity index (χ4n) is 2.47. The third-order valence-electron chi connectivity index (χ3n) is 3.91. The standard InChI is InChI=1S/C22H20ClN3O2S/c1-27-21-13-17(14-24-26-22(29)25-19-5-3-2-4-6-19)9-12-20(21)28-15-16-7-10-18(23)11-8-16/h2-14H,15H2,1H3,(H2,25,26,29)/b24-14+. The van der Waals surface area contributed by atoms with Gasteiger partial charge in [-0.05, 0) is 65.8 Å². The molecular formula is C22H20ClN3O2S. The number of nitrogens with zero attached hydrogens (tertiary/aromatic N) is 1. The first-order valence-corrected chi connectivity index (χ1v) is 9.63. The van der Waals surface area contributed by atoms with Crippen LogP contribution >= 0.6 is 23.8 Å². The fourth-order valence-corrected chi connectivity index (χ4v) is 2.77. The molecule has 0 aliphatic rings. The summed E-state index contributed by atoms with van der Waals surface area (Å²) in [6, 6.07) is 22.7. The zero-order chi connectivity index (χ0) is 20.5. The van der Waals surface area contributed by atoms with Crippen LogP contribution in [0.2, 0.25) is 5.02 Å². The van der Waals surface area contributed by atoms with Gasteiger partial charge in [0.05, 0.1) is 13.3 Å². The summed E-state index contributed by atoms with van der Waals surface area (Å²) in [7, 11) is 1.60. The number of ether oxygens (including phenoxy) is 2. The zero-order valence-electron chi connectivity index (χ0n) is 15.8. The molecule has 2 N–H and O–H groups in total. The summed E-state index contributed by atoms with van der Waals surface area (Å²) in [5, 5.41) is 8.31. The van der Waals surface area contributed by atoms with Crippen LogP contribution in [-0.4, -0.2) is 18.4 Å². The highest BCUT2D eigenvalue weighted by atomic mass is 35.5. The minimum absolute atomic E-state index is 0.405. The van der Waals surface area contributed by atoms with Crippen molar-refractivity contribution in [3.05, 3.63) is 88.9 Å². The minimum Gasteiger partial charge on any atom is -0.493 e. The van der Waals surface area contributed by atoms with Crippen molar-refractivity contribution in [3.63, 3.8) is 0 Å². The highest BCUT2D eigenvalue weighted by molar-refractivity contribution is 7.80. The molecule has 0 aromatic heterocycles. The van der Waals surface area contributed by atoms with Gasteiger partial charge in [0.1, 0.15) is 6.61 Å². The Morgan fingerprint density at radius 3 is 2.52 bits per heavy atom. The van der Waals surface area contributed by atoms with Gasteiger partial charge in [-0.15, -0.1) is 0 Å². The van der Waals surface area contributed by atoms with E-state index in [4.69, 9.17) is 33.3 Å². The number of hydrogen-bond acceptors (Lipinski definition) is 4. The Hall–Kier alpha value is -3.09. The van der Waals surface area contributed by atoms with Crippen molar-refractivity contribution < 1.29 is 9.47 Å². The van der Waals surface area contributed by atoms with Crippen molar-refractivity contribution in [1.29, 1.82) is 0 Å². The highest BCUT2D eigenvalue weighted by Gasteiger charge is 2.06. The molecule has 0 aliphatic carbocycles. The number of methoxy groups -OCH3 is 1. The van der Waals surface area contributed by atoms with Gasteiger partial charge in [0.2, 0.25) is 0 Å². The van der Waals surface area contributed by atoms with E-state index in [-0.39, 0.29) is 0 Å². The Morgan fingerprint density at radius 1 is 1.03 bits per heavy atom. The second kappa shape index (κ2) is 10.5. The smallest absolute Gasteiger partial charge is 0.191 e. The topological polar surface area (TPSA) is 54.9 Å². The van der Waals surface area contributed by atoms with Gasteiger partial charge < -0.3 is 14.8 Å². The Bertz CT molecular complexity index is 979. The van der Waals surface area contributed by atoms with Gasteiger partial charge in [-0.25, -0.2) is 0 Å². The molecular weight excluding hydrogens is 406 g/mol. The molecule has 0 amide bonds. The quantitative estimate of drug-likeness (QED) is 0.307. The van der Waals surface area contributed by atoms with E-state index in [1.165, 1.54) is 0 Å². The molecule has 0 spiro atoms. The molecule has 3 aromatic carbocycles. The second-order valence-corrected chi connectivity index (χ2v) is 6.86. The van der Waals surface area contributed by atoms with E-state index < -0.39 is 0 Å². The molecule has 29 heavy (non-hydrogen) atoms. The van der Waals surface area contributed by atoms with Crippen LogP contribution in [-0.2, 0) is 6.61 Å². The van der Waals surface area contributed by atoms with Gasteiger partial charge in [0, 0.05) is 10.7 Å². The van der Waals surface area contributed by atoms with E-state index in [0.29, 0.717) is 28.2 Å². The number of para-hydroxylation sites is 1. The van der Waals surface area contributed by atoms with Crippen molar-refractivity contribution >= 4 is 40.8 Å². The molecule has 0 aliphatic heterocycles. The molecule has 0 unspecified atom stereocenters. The maximum Gasteiger partial charge on any atom is 0.191 e. The lowest BCUT2D eigenvalue weighted by Crippen LogP contribution is -2.23. The van der Waals surface area contributed by atoms with Gasteiger partial charge in [-0.1, -0.05) is 41.9 Å². The van der Waals surface area contributed by atoms with Crippen LogP contribution in [0.5, 0.6) is 11.5 Å². The molecule has 0 saturated heterocycles. The predicted octanol–water partition coefficient (Wildman–Crippen LogP) is 5.25. The van der Waals surface area contributed by atoms with Gasteiger partial charge >= 0.3 is 0 Å². The van der Waals surface area contributed by atoms with Crippen LogP contribution in [0.1, 0.15) is 11.1 Å². The summed E-state index contributed by atoms with van der Waals surface area (Å²) in [5.74, 6) is 1.27. The summed E-state index contributed by atoms with van der Waals surface area (Å²) < 4.78 is 11.3. The summed E-state index contributed by atoms with van der Waals surface area (Å²) >= 11 is 11.1. The Kier molecular flexibility index (Phi) is 7.44. The van der Waals surface area contributed by atoms with E-state index in [9.17, 15) is 0 Å². The number of rotatable bonds is 7. The largest absolute Gasteiger partial charge is 0.493 e. The zero-order valence-corrected chi connectivity index (χ0v) is 17.3. The van der Waals surface area contributed by atoms with Crippen molar-refractivity contribution in [2.24, 2.45) is 5.10 Å². The molecule has 3 aromatic rings. The summed E-state index contributed by atoms with van der Waals surface area (Å²) in [6.45, 7) is 0.419. The Labute approximate surface area is 180 Å². The van der Waals surface area contributed by atoms with Crippen LogP contribution < -0.4 is 20.2 Å². The molecule has 0 heterocycles. The van der Waals surface area contributed by atoms with Crippen LogP contribution in [0, 0.1) is 0 Å². The lowest BCUT2D eigenvalue weighted by Gasteiger charge is -2.11. The third kappa shape index (κ3) is 6.48. The number of benzene rings is 3. The van der Waals surface area contributed by atoms with E-state index in [0.717, 1.165) is 16.8 Å². The summed E-state index contributed by atoms with van der Waals surface area (Å²) in [5.41, 5.74) is 5.54. The first-order chi connectivity index (χ1) is 14.1. The summed E-state index contributed by atoms with van der Waals surface area (Å²) in [4.78, 5) is 0. The average Bonchev–Trinajstić information content (AvgIpc) is 2.74. The lowest BCUT2D eigenvalue weighted by molar-refractivity contribution is 0.284. The van der Waals surface area contributed by atoms with Gasteiger partial charge in [0.15, 0.2) is 16.6 Å². The van der Waals surface area contributed by atoms with Gasteiger partial charge in [-0.2, -0.15) is 5.10 Å².